The van der Waals surface area contributed by atoms with Crippen LogP contribution in [-0.2, 0) is 16.7 Å². The van der Waals surface area contributed by atoms with Crippen molar-refractivity contribution in [1.29, 1.82) is 0 Å². The zero-order valence-electron chi connectivity index (χ0n) is 16.1. The van der Waals surface area contributed by atoms with Crippen molar-refractivity contribution >= 4 is 21.4 Å². The molecule has 0 N–H and O–H groups in total. The van der Waals surface area contributed by atoms with Crippen molar-refractivity contribution in [3.05, 3.63) is 33.8 Å². The van der Waals surface area contributed by atoms with Gasteiger partial charge in [0.25, 0.3) is 0 Å². The number of rotatable bonds is 5. The maximum Gasteiger partial charge on any atom is 0.246 e. The van der Waals surface area contributed by atoms with Crippen LogP contribution < -0.4 is 0 Å². The van der Waals surface area contributed by atoms with Crippen LogP contribution in [0.25, 0.3) is 0 Å². The highest BCUT2D eigenvalue weighted by Crippen LogP contribution is 2.35. The summed E-state index contributed by atoms with van der Waals surface area (Å²) in [6.45, 7) is 6.63. The Labute approximate surface area is 165 Å². The molecule has 0 radical (unpaired) electrons. The Kier molecular flexibility index (Phi) is 5.42. The number of nitrogens with zero attached hydrogens (tertiary/aromatic N) is 4. The van der Waals surface area contributed by atoms with Crippen LogP contribution in [-0.4, -0.2) is 47.0 Å². The van der Waals surface area contributed by atoms with Gasteiger partial charge < -0.3 is 0 Å². The van der Waals surface area contributed by atoms with Crippen LogP contribution in [0.2, 0.25) is 0 Å². The van der Waals surface area contributed by atoms with E-state index < -0.39 is 10.0 Å². The minimum atomic E-state index is -3.46. The lowest BCUT2D eigenvalue weighted by molar-refractivity contribution is 0.191. The fourth-order valence-corrected chi connectivity index (χ4v) is 7.18. The predicted octanol–water partition coefficient (Wildman–Crippen LogP) is 3.53. The van der Waals surface area contributed by atoms with Crippen LogP contribution in [0.3, 0.4) is 0 Å². The third kappa shape index (κ3) is 3.60. The Bertz CT molecular complexity index is 883. The van der Waals surface area contributed by atoms with E-state index in [0.717, 1.165) is 37.9 Å². The molecule has 2 saturated heterocycles. The lowest BCUT2D eigenvalue weighted by Gasteiger charge is -2.26. The lowest BCUT2D eigenvalue weighted by Crippen LogP contribution is -2.36. The number of likely N-dealkylation sites (tertiary alicyclic amines) is 1. The van der Waals surface area contributed by atoms with Gasteiger partial charge in [-0.2, -0.15) is 9.40 Å². The fourth-order valence-electron chi connectivity index (χ4n) is 4.40. The molecule has 0 saturated carbocycles. The van der Waals surface area contributed by atoms with E-state index in [1.165, 1.54) is 11.3 Å². The highest BCUT2D eigenvalue weighted by Gasteiger charge is 2.33. The van der Waals surface area contributed by atoms with Gasteiger partial charge in [0.05, 0.1) is 18.1 Å². The van der Waals surface area contributed by atoms with Crippen molar-refractivity contribution in [3.63, 3.8) is 0 Å². The van der Waals surface area contributed by atoms with Crippen molar-refractivity contribution in [2.45, 2.75) is 63.6 Å². The Morgan fingerprint density at radius 1 is 1.15 bits per heavy atom. The van der Waals surface area contributed by atoms with Gasteiger partial charge in [-0.25, -0.2) is 8.42 Å². The van der Waals surface area contributed by atoms with Gasteiger partial charge in [0.15, 0.2) is 0 Å². The Morgan fingerprint density at radius 3 is 2.63 bits per heavy atom. The van der Waals surface area contributed by atoms with E-state index >= 15 is 0 Å². The largest absolute Gasteiger partial charge is 0.276 e. The van der Waals surface area contributed by atoms with E-state index in [9.17, 15) is 8.42 Å². The van der Waals surface area contributed by atoms with Gasteiger partial charge in [0.2, 0.25) is 10.0 Å². The first-order valence-electron chi connectivity index (χ1n) is 9.80. The minimum Gasteiger partial charge on any atom is -0.276 e. The van der Waals surface area contributed by atoms with E-state index in [1.807, 2.05) is 18.5 Å². The Hall–Kier alpha value is -1.22. The first-order chi connectivity index (χ1) is 13.0. The summed E-state index contributed by atoms with van der Waals surface area (Å²) in [6, 6.07) is 4.71. The van der Waals surface area contributed by atoms with Gasteiger partial charge >= 0.3 is 0 Å². The molecule has 0 amide bonds. The second-order valence-corrected chi connectivity index (χ2v) is 10.4. The molecule has 4 heterocycles. The van der Waals surface area contributed by atoms with E-state index in [2.05, 4.69) is 27.5 Å². The molecule has 2 aliphatic rings. The van der Waals surface area contributed by atoms with Crippen molar-refractivity contribution in [1.82, 2.24) is 19.0 Å². The van der Waals surface area contributed by atoms with Crippen LogP contribution in [0.1, 0.15) is 54.4 Å². The molecule has 2 aliphatic heterocycles. The maximum absolute atomic E-state index is 13.2. The van der Waals surface area contributed by atoms with Gasteiger partial charge in [-0.3, -0.25) is 9.58 Å². The van der Waals surface area contributed by atoms with E-state index in [0.29, 0.717) is 36.4 Å². The molecule has 2 fully saturated rings. The molecule has 0 aromatic carbocycles. The number of aromatic nitrogens is 2. The van der Waals surface area contributed by atoms with Gasteiger partial charge in [-0.05, 0) is 51.0 Å². The molecule has 8 heteroatoms. The average molecular weight is 409 g/mol. The summed E-state index contributed by atoms with van der Waals surface area (Å²) in [7, 11) is -3.46. The van der Waals surface area contributed by atoms with Crippen molar-refractivity contribution < 1.29 is 8.42 Å². The summed E-state index contributed by atoms with van der Waals surface area (Å²) in [5, 5.41) is 6.75. The standard InChI is InChI=1S/C19H28N4O2S2/c1-15-19(27(24,25)22-11-4-3-5-12-22)16(2)23(20-15)14-21-10-6-8-17(21)18-9-7-13-26-18/h7,9,13,17H,3-6,8,10-12,14H2,1-2H3/t17-/m1/s1. The molecule has 0 unspecified atom stereocenters. The molecule has 1 atom stereocenters. The molecule has 2 aromatic heterocycles. The topological polar surface area (TPSA) is 58.4 Å². The molecule has 0 aliphatic carbocycles. The summed E-state index contributed by atoms with van der Waals surface area (Å²) in [5.41, 5.74) is 1.37. The van der Waals surface area contributed by atoms with Gasteiger partial charge in [-0.15, -0.1) is 11.3 Å². The lowest BCUT2D eigenvalue weighted by atomic mass is 10.2. The molecular formula is C19H28N4O2S2. The van der Waals surface area contributed by atoms with Crippen molar-refractivity contribution in [3.8, 4) is 0 Å². The summed E-state index contributed by atoms with van der Waals surface area (Å²) in [5.74, 6) is 0. The van der Waals surface area contributed by atoms with Crippen molar-refractivity contribution in [2.24, 2.45) is 0 Å². The number of hydrogen-bond donors (Lipinski definition) is 0. The van der Waals surface area contributed by atoms with Crippen LogP contribution >= 0.6 is 11.3 Å². The number of sulfonamides is 1. The van der Waals surface area contributed by atoms with Gasteiger partial charge in [-0.1, -0.05) is 12.5 Å². The van der Waals surface area contributed by atoms with Crippen molar-refractivity contribution in [2.75, 3.05) is 19.6 Å². The molecule has 6 nitrogen and oxygen atoms in total. The first kappa shape index (κ1) is 19.1. The molecule has 0 spiro atoms. The highest BCUT2D eigenvalue weighted by atomic mass is 32.2. The summed E-state index contributed by atoms with van der Waals surface area (Å²) in [4.78, 5) is 4.22. The maximum atomic E-state index is 13.2. The predicted molar refractivity (Wildman–Crippen MR) is 107 cm³/mol. The molecule has 2 aromatic rings. The molecule has 148 valence electrons. The normalized spacial score (nSPS) is 22.5. The third-order valence-electron chi connectivity index (χ3n) is 5.78. The number of thiophene rings is 1. The number of piperidine rings is 1. The van der Waals surface area contributed by atoms with E-state index in [-0.39, 0.29) is 0 Å². The second-order valence-electron chi connectivity index (χ2n) is 7.59. The Morgan fingerprint density at radius 2 is 1.93 bits per heavy atom. The van der Waals surface area contributed by atoms with Crippen LogP contribution in [0.15, 0.2) is 22.4 Å². The summed E-state index contributed by atoms with van der Waals surface area (Å²) >= 11 is 1.80. The monoisotopic (exact) mass is 408 g/mol. The zero-order chi connectivity index (χ0) is 19.0. The number of aryl methyl sites for hydroxylation is 1. The van der Waals surface area contributed by atoms with Gasteiger partial charge in [0, 0.05) is 30.6 Å². The quantitative estimate of drug-likeness (QED) is 0.759. The van der Waals surface area contributed by atoms with E-state index in [1.54, 1.807) is 15.6 Å². The SMILES string of the molecule is Cc1nn(CN2CCC[C@@H]2c2cccs2)c(C)c1S(=O)(=O)N1CCCCC1. The summed E-state index contributed by atoms with van der Waals surface area (Å²) < 4.78 is 29.9. The van der Waals surface area contributed by atoms with Gasteiger partial charge in [0.1, 0.15) is 4.90 Å². The average Bonchev–Trinajstić information content (AvgIpc) is 3.37. The number of hydrogen-bond acceptors (Lipinski definition) is 5. The van der Waals surface area contributed by atoms with E-state index in [4.69, 9.17) is 0 Å². The Balaban J connectivity index is 1.59. The first-order valence-corrected chi connectivity index (χ1v) is 12.1. The third-order valence-corrected chi connectivity index (χ3v) is 8.90. The molecule has 4 rings (SSSR count). The molecular weight excluding hydrogens is 380 g/mol. The van der Waals surface area contributed by atoms with Crippen LogP contribution in [0.5, 0.6) is 0 Å². The summed E-state index contributed by atoms with van der Waals surface area (Å²) in [6.07, 6.45) is 5.32. The smallest absolute Gasteiger partial charge is 0.246 e. The minimum absolute atomic E-state index is 0.413. The zero-order valence-corrected chi connectivity index (χ0v) is 17.7. The van der Waals surface area contributed by atoms with Crippen LogP contribution in [0.4, 0.5) is 0 Å². The van der Waals surface area contributed by atoms with Crippen LogP contribution in [0, 0.1) is 13.8 Å². The second kappa shape index (κ2) is 7.66. The highest BCUT2D eigenvalue weighted by molar-refractivity contribution is 7.89. The molecule has 27 heavy (non-hydrogen) atoms. The fraction of sp³-hybridized carbons (Fsp3) is 0.632. The molecule has 0 bridgehead atoms.